The number of hydrogen-bond donors (Lipinski definition) is 1. The van der Waals surface area contributed by atoms with E-state index in [-0.39, 0.29) is 0 Å². The number of aromatic nitrogens is 1. The number of piperidine rings is 1. The van der Waals surface area contributed by atoms with Crippen LogP contribution in [0.4, 0.5) is 5.69 Å². The summed E-state index contributed by atoms with van der Waals surface area (Å²) in [6.07, 6.45) is 9.25. The van der Waals surface area contributed by atoms with E-state index in [1.807, 2.05) is 0 Å². The van der Waals surface area contributed by atoms with Crippen LogP contribution in [-0.4, -0.2) is 24.6 Å². The number of hydrogen-bond acceptors (Lipinski definition) is 3. The number of nitrogens with one attached hydrogen (secondary N) is 1. The molecule has 3 heteroatoms. The molecule has 2 fully saturated rings. The maximum Gasteiger partial charge on any atom is 0.0572 e. The summed E-state index contributed by atoms with van der Waals surface area (Å²) in [7, 11) is 0. The van der Waals surface area contributed by atoms with Gasteiger partial charge in [-0.05, 0) is 50.3 Å². The lowest BCUT2D eigenvalue weighted by atomic mass is 9.75. The second-order valence-electron chi connectivity index (χ2n) is 6.76. The number of fused-ring (bicyclic) bond motifs is 1. The summed E-state index contributed by atoms with van der Waals surface area (Å²) >= 11 is 0. The van der Waals surface area contributed by atoms with Crippen LogP contribution in [0.2, 0.25) is 0 Å². The van der Waals surface area contributed by atoms with Crippen molar-refractivity contribution in [3.05, 3.63) is 24.0 Å². The minimum absolute atomic E-state index is 0.341. The minimum Gasteiger partial charge on any atom is -0.370 e. The molecule has 1 aliphatic heterocycles. The standard InChI is InChI=1S/C18H29N3/c1-3-19-14(2)18-9-8-17(12-20-18)21-11-10-15-6-4-5-7-16(15)13-21/h8-9,12,14-16,19H,3-7,10-11,13H2,1-2H3. The van der Waals surface area contributed by atoms with Gasteiger partial charge in [0.1, 0.15) is 0 Å². The van der Waals surface area contributed by atoms with Crippen LogP contribution < -0.4 is 10.2 Å². The number of pyridine rings is 1. The van der Waals surface area contributed by atoms with Crippen LogP contribution in [0, 0.1) is 11.8 Å². The SMILES string of the molecule is CCNC(C)c1ccc(N2CCC3CCCCC3C2)cn1. The third-order valence-electron chi connectivity index (χ3n) is 5.38. The zero-order valence-electron chi connectivity index (χ0n) is 13.5. The largest absolute Gasteiger partial charge is 0.370 e. The molecule has 1 saturated heterocycles. The first-order chi connectivity index (χ1) is 10.3. The van der Waals surface area contributed by atoms with E-state index in [1.54, 1.807) is 0 Å². The normalized spacial score (nSPS) is 27.2. The second kappa shape index (κ2) is 6.78. The molecule has 0 bridgehead atoms. The molecule has 3 nitrogen and oxygen atoms in total. The lowest BCUT2D eigenvalue weighted by Gasteiger charge is -2.42. The Morgan fingerprint density at radius 1 is 1.24 bits per heavy atom. The van der Waals surface area contributed by atoms with E-state index in [4.69, 9.17) is 0 Å². The summed E-state index contributed by atoms with van der Waals surface area (Å²) in [5.41, 5.74) is 2.46. The van der Waals surface area contributed by atoms with E-state index in [0.717, 1.165) is 24.1 Å². The van der Waals surface area contributed by atoms with Crippen molar-refractivity contribution in [1.29, 1.82) is 0 Å². The molecule has 3 unspecified atom stereocenters. The van der Waals surface area contributed by atoms with Gasteiger partial charge in [-0.2, -0.15) is 0 Å². The Kier molecular flexibility index (Phi) is 4.79. The monoisotopic (exact) mass is 287 g/mol. The number of anilines is 1. The quantitative estimate of drug-likeness (QED) is 0.913. The fourth-order valence-corrected chi connectivity index (χ4v) is 4.09. The van der Waals surface area contributed by atoms with Gasteiger partial charge < -0.3 is 10.2 Å². The maximum absolute atomic E-state index is 4.67. The molecular formula is C18H29N3. The van der Waals surface area contributed by atoms with Gasteiger partial charge in [-0.25, -0.2) is 0 Å². The van der Waals surface area contributed by atoms with Crippen molar-refractivity contribution >= 4 is 5.69 Å². The average molecular weight is 287 g/mol. The molecule has 3 rings (SSSR count). The van der Waals surface area contributed by atoms with Crippen LogP contribution >= 0.6 is 0 Å². The average Bonchev–Trinajstić information content (AvgIpc) is 2.55. The Hall–Kier alpha value is -1.09. The first-order valence-corrected chi connectivity index (χ1v) is 8.72. The third-order valence-corrected chi connectivity index (χ3v) is 5.38. The Bertz CT molecular complexity index is 442. The molecule has 2 heterocycles. The summed E-state index contributed by atoms with van der Waals surface area (Å²) in [4.78, 5) is 7.23. The number of nitrogens with zero attached hydrogens (tertiary/aromatic N) is 2. The predicted molar refractivity (Wildman–Crippen MR) is 88.6 cm³/mol. The molecule has 0 aromatic carbocycles. The molecule has 0 radical (unpaired) electrons. The predicted octanol–water partition coefficient (Wildman–Crippen LogP) is 3.77. The van der Waals surface area contributed by atoms with Crippen molar-refractivity contribution in [2.24, 2.45) is 11.8 Å². The molecule has 3 atom stereocenters. The van der Waals surface area contributed by atoms with Gasteiger partial charge in [-0.3, -0.25) is 4.98 Å². The lowest BCUT2D eigenvalue weighted by Crippen LogP contribution is -2.41. The van der Waals surface area contributed by atoms with Gasteiger partial charge in [0, 0.05) is 19.1 Å². The molecule has 0 amide bonds. The molecule has 1 aromatic heterocycles. The summed E-state index contributed by atoms with van der Waals surface area (Å²) < 4.78 is 0. The van der Waals surface area contributed by atoms with Gasteiger partial charge in [0.05, 0.1) is 17.6 Å². The smallest absolute Gasteiger partial charge is 0.0572 e. The maximum atomic E-state index is 4.67. The van der Waals surface area contributed by atoms with Gasteiger partial charge in [-0.15, -0.1) is 0 Å². The fourth-order valence-electron chi connectivity index (χ4n) is 4.09. The van der Waals surface area contributed by atoms with E-state index in [0.29, 0.717) is 6.04 Å². The van der Waals surface area contributed by atoms with Gasteiger partial charge in [0.15, 0.2) is 0 Å². The zero-order chi connectivity index (χ0) is 14.7. The van der Waals surface area contributed by atoms with Crippen LogP contribution in [0.1, 0.15) is 57.7 Å². The molecule has 1 saturated carbocycles. The van der Waals surface area contributed by atoms with Crippen LogP contribution in [0.3, 0.4) is 0 Å². The highest BCUT2D eigenvalue weighted by Crippen LogP contribution is 2.37. The van der Waals surface area contributed by atoms with Crippen molar-refractivity contribution in [3.63, 3.8) is 0 Å². The minimum atomic E-state index is 0.341. The van der Waals surface area contributed by atoms with Crippen molar-refractivity contribution in [3.8, 4) is 0 Å². The lowest BCUT2D eigenvalue weighted by molar-refractivity contribution is 0.202. The summed E-state index contributed by atoms with van der Waals surface area (Å²) in [6.45, 7) is 7.76. The van der Waals surface area contributed by atoms with Gasteiger partial charge in [-0.1, -0.05) is 26.2 Å². The summed E-state index contributed by atoms with van der Waals surface area (Å²) in [5, 5.41) is 3.42. The van der Waals surface area contributed by atoms with Crippen molar-refractivity contribution in [2.45, 2.75) is 52.0 Å². The van der Waals surface area contributed by atoms with Crippen LogP contribution in [-0.2, 0) is 0 Å². The Balaban J connectivity index is 1.64. The highest BCUT2D eigenvalue weighted by Gasteiger charge is 2.31. The molecule has 2 aliphatic rings. The molecule has 1 N–H and O–H groups in total. The van der Waals surface area contributed by atoms with Crippen molar-refractivity contribution < 1.29 is 0 Å². The van der Waals surface area contributed by atoms with Gasteiger partial charge in [0.2, 0.25) is 0 Å². The van der Waals surface area contributed by atoms with Gasteiger partial charge in [0.25, 0.3) is 0 Å². The molecular weight excluding hydrogens is 258 g/mol. The van der Waals surface area contributed by atoms with E-state index in [2.05, 4.69) is 47.4 Å². The number of rotatable bonds is 4. The summed E-state index contributed by atoms with van der Waals surface area (Å²) in [6, 6.07) is 4.79. The molecule has 1 aromatic rings. The van der Waals surface area contributed by atoms with Crippen molar-refractivity contribution in [2.75, 3.05) is 24.5 Å². The first kappa shape index (κ1) is 14.8. The Labute approximate surface area is 129 Å². The van der Waals surface area contributed by atoms with Crippen molar-refractivity contribution in [1.82, 2.24) is 10.3 Å². The van der Waals surface area contributed by atoms with E-state index in [9.17, 15) is 0 Å². The highest BCUT2D eigenvalue weighted by atomic mass is 15.1. The summed E-state index contributed by atoms with van der Waals surface area (Å²) in [5.74, 6) is 1.92. The Morgan fingerprint density at radius 3 is 2.76 bits per heavy atom. The van der Waals surface area contributed by atoms with E-state index in [1.165, 1.54) is 50.9 Å². The fraction of sp³-hybridized carbons (Fsp3) is 0.722. The first-order valence-electron chi connectivity index (χ1n) is 8.72. The van der Waals surface area contributed by atoms with E-state index >= 15 is 0 Å². The second-order valence-corrected chi connectivity index (χ2v) is 6.76. The zero-order valence-corrected chi connectivity index (χ0v) is 13.5. The third kappa shape index (κ3) is 3.39. The van der Waals surface area contributed by atoms with Gasteiger partial charge >= 0.3 is 0 Å². The Morgan fingerprint density at radius 2 is 2.05 bits per heavy atom. The molecule has 1 aliphatic carbocycles. The van der Waals surface area contributed by atoms with Crippen LogP contribution in [0.5, 0.6) is 0 Å². The molecule has 116 valence electrons. The highest BCUT2D eigenvalue weighted by molar-refractivity contribution is 5.45. The van der Waals surface area contributed by atoms with Crippen LogP contribution in [0.25, 0.3) is 0 Å². The van der Waals surface area contributed by atoms with Crippen LogP contribution in [0.15, 0.2) is 18.3 Å². The molecule has 21 heavy (non-hydrogen) atoms. The topological polar surface area (TPSA) is 28.2 Å². The van der Waals surface area contributed by atoms with E-state index < -0.39 is 0 Å². The molecule has 0 spiro atoms.